The van der Waals surface area contributed by atoms with E-state index in [0.29, 0.717) is 35.6 Å². The topological polar surface area (TPSA) is 94.5 Å². The highest BCUT2D eigenvalue weighted by Gasteiger charge is 2.23. The molecule has 7 nitrogen and oxygen atoms in total. The van der Waals surface area contributed by atoms with Gasteiger partial charge in [0.2, 0.25) is 0 Å². The summed E-state index contributed by atoms with van der Waals surface area (Å²) in [6, 6.07) is 15.3. The molecule has 1 fully saturated rings. The molecular weight excluding hydrogens is 368 g/mol. The van der Waals surface area contributed by atoms with Crippen LogP contribution in [-0.4, -0.2) is 42.1 Å². The Hall–Kier alpha value is -3.37. The fourth-order valence-corrected chi connectivity index (χ4v) is 3.24. The number of nitrogens with zero attached hydrogens (tertiary/aromatic N) is 2. The van der Waals surface area contributed by atoms with Crippen LogP contribution in [0.1, 0.15) is 36.2 Å². The maximum atomic E-state index is 12.6. The van der Waals surface area contributed by atoms with Crippen LogP contribution in [0, 0.1) is 11.3 Å². The van der Waals surface area contributed by atoms with Gasteiger partial charge in [0.1, 0.15) is 0 Å². The van der Waals surface area contributed by atoms with Crippen molar-refractivity contribution in [3.63, 3.8) is 0 Å². The molecule has 0 spiro atoms. The molecule has 3 rings (SSSR count). The van der Waals surface area contributed by atoms with Crippen LogP contribution in [0.15, 0.2) is 48.5 Å². The molecule has 1 heterocycles. The molecule has 0 aliphatic carbocycles. The minimum Gasteiger partial charge on any atom is -0.374 e. The SMILES string of the molecule is C[C@@H]1CCN(C(=O)Nc2cccc(C(=O)Nc3cccc(C#N)c3)c2)C[C@H](C)O1. The Kier molecular flexibility index (Phi) is 6.47. The van der Waals surface area contributed by atoms with E-state index in [1.54, 1.807) is 53.4 Å². The smallest absolute Gasteiger partial charge is 0.321 e. The van der Waals surface area contributed by atoms with Gasteiger partial charge in [0.15, 0.2) is 0 Å². The zero-order chi connectivity index (χ0) is 20.8. The number of nitrogens with one attached hydrogen (secondary N) is 2. The van der Waals surface area contributed by atoms with Crippen LogP contribution in [0.2, 0.25) is 0 Å². The Bertz CT molecular complexity index is 938. The predicted molar refractivity (Wildman–Crippen MR) is 111 cm³/mol. The van der Waals surface area contributed by atoms with Gasteiger partial charge in [-0.2, -0.15) is 5.26 Å². The van der Waals surface area contributed by atoms with E-state index >= 15 is 0 Å². The molecule has 0 radical (unpaired) electrons. The fraction of sp³-hybridized carbons (Fsp3) is 0.318. The molecule has 29 heavy (non-hydrogen) atoms. The first-order chi connectivity index (χ1) is 13.9. The molecule has 3 amide bonds. The molecule has 1 aliphatic rings. The maximum absolute atomic E-state index is 12.6. The summed E-state index contributed by atoms with van der Waals surface area (Å²) in [5, 5.41) is 14.6. The lowest BCUT2D eigenvalue weighted by Gasteiger charge is -2.22. The van der Waals surface area contributed by atoms with E-state index in [1.807, 2.05) is 19.9 Å². The second-order valence-corrected chi connectivity index (χ2v) is 7.15. The Morgan fingerprint density at radius 2 is 1.79 bits per heavy atom. The van der Waals surface area contributed by atoms with Crippen LogP contribution in [0.3, 0.4) is 0 Å². The van der Waals surface area contributed by atoms with Crippen molar-refractivity contribution in [3.8, 4) is 6.07 Å². The standard InChI is InChI=1S/C22H24N4O3/c1-15-9-10-26(14-16(2)29-15)22(28)25-20-8-4-6-18(12-20)21(27)24-19-7-3-5-17(11-19)13-23/h3-8,11-12,15-16H,9-10,14H2,1-2H3,(H,24,27)(H,25,28)/t15-,16+/m1/s1. The third-order valence-corrected chi connectivity index (χ3v) is 4.66. The molecular formula is C22H24N4O3. The van der Waals surface area contributed by atoms with E-state index in [2.05, 4.69) is 10.6 Å². The van der Waals surface area contributed by atoms with E-state index < -0.39 is 0 Å². The molecule has 1 aliphatic heterocycles. The summed E-state index contributed by atoms with van der Waals surface area (Å²) in [7, 11) is 0. The third kappa shape index (κ3) is 5.56. The molecule has 150 valence electrons. The van der Waals surface area contributed by atoms with Gasteiger partial charge < -0.3 is 20.3 Å². The highest BCUT2D eigenvalue weighted by atomic mass is 16.5. The van der Waals surface area contributed by atoms with Crippen molar-refractivity contribution in [2.45, 2.75) is 32.5 Å². The molecule has 7 heteroatoms. The van der Waals surface area contributed by atoms with Crippen LogP contribution in [0.4, 0.5) is 16.2 Å². The number of carbonyl (C=O) groups excluding carboxylic acids is 2. The van der Waals surface area contributed by atoms with Gasteiger partial charge in [-0.1, -0.05) is 12.1 Å². The number of nitriles is 1. The zero-order valence-corrected chi connectivity index (χ0v) is 16.5. The van der Waals surface area contributed by atoms with Crippen molar-refractivity contribution in [2.24, 2.45) is 0 Å². The fourth-order valence-electron chi connectivity index (χ4n) is 3.24. The van der Waals surface area contributed by atoms with Crippen LogP contribution in [0.25, 0.3) is 0 Å². The highest BCUT2D eigenvalue weighted by molar-refractivity contribution is 6.05. The molecule has 2 aromatic carbocycles. The second-order valence-electron chi connectivity index (χ2n) is 7.15. The van der Waals surface area contributed by atoms with Gasteiger partial charge in [-0.3, -0.25) is 4.79 Å². The van der Waals surface area contributed by atoms with Crippen LogP contribution >= 0.6 is 0 Å². The summed E-state index contributed by atoms with van der Waals surface area (Å²) in [5.41, 5.74) is 1.95. The number of ether oxygens (including phenoxy) is 1. The Balaban J connectivity index is 1.66. The van der Waals surface area contributed by atoms with Crippen molar-refractivity contribution in [1.82, 2.24) is 4.90 Å². The molecule has 2 N–H and O–H groups in total. The first kappa shape index (κ1) is 20.4. The second kappa shape index (κ2) is 9.22. The third-order valence-electron chi connectivity index (χ3n) is 4.66. The molecule has 0 bridgehead atoms. The normalized spacial score (nSPS) is 19.0. The molecule has 2 aromatic rings. The van der Waals surface area contributed by atoms with Gasteiger partial charge in [0.05, 0.1) is 23.8 Å². The highest BCUT2D eigenvalue weighted by Crippen LogP contribution is 2.17. The van der Waals surface area contributed by atoms with Crippen molar-refractivity contribution >= 4 is 23.3 Å². The first-order valence-electron chi connectivity index (χ1n) is 9.57. The molecule has 1 saturated heterocycles. The Morgan fingerprint density at radius 1 is 1.07 bits per heavy atom. The van der Waals surface area contributed by atoms with Gasteiger partial charge >= 0.3 is 6.03 Å². The van der Waals surface area contributed by atoms with E-state index in [0.717, 1.165) is 6.42 Å². The number of hydrogen-bond acceptors (Lipinski definition) is 4. The zero-order valence-electron chi connectivity index (χ0n) is 16.5. The lowest BCUT2D eigenvalue weighted by Crippen LogP contribution is -2.38. The number of benzene rings is 2. The van der Waals surface area contributed by atoms with Gasteiger partial charge in [-0.05, 0) is 56.7 Å². The quantitative estimate of drug-likeness (QED) is 0.830. The van der Waals surface area contributed by atoms with Gasteiger partial charge in [0.25, 0.3) is 5.91 Å². The van der Waals surface area contributed by atoms with Crippen LogP contribution in [0.5, 0.6) is 0 Å². The van der Waals surface area contributed by atoms with Crippen molar-refractivity contribution in [1.29, 1.82) is 5.26 Å². The van der Waals surface area contributed by atoms with Crippen molar-refractivity contribution < 1.29 is 14.3 Å². The minimum absolute atomic E-state index is 0.0282. The summed E-state index contributed by atoms with van der Waals surface area (Å²) >= 11 is 0. The number of anilines is 2. The van der Waals surface area contributed by atoms with E-state index in [1.165, 1.54) is 0 Å². The Morgan fingerprint density at radius 3 is 2.55 bits per heavy atom. The first-order valence-corrected chi connectivity index (χ1v) is 9.57. The lowest BCUT2D eigenvalue weighted by molar-refractivity contribution is 0.0162. The van der Waals surface area contributed by atoms with Gasteiger partial charge in [-0.25, -0.2) is 4.79 Å². The van der Waals surface area contributed by atoms with Gasteiger partial charge in [-0.15, -0.1) is 0 Å². The van der Waals surface area contributed by atoms with Crippen molar-refractivity contribution in [3.05, 3.63) is 59.7 Å². The van der Waals surface area contributed by atoms with Crippen LogP contribution < -0.4 is 10.6 Å². The monoisotopic (exact) mass is 392 g/mol. The predicted octanol–water partition coefficient (Wildman–Crippen LogP) is 3.84. The molecule has 0 unspecified atom stereocenters. The largest absolute Gasteiger partial charge is 0.374 e. The average Bonchev–Trinajstić information content (AvgIpc) is 2.88. The summed E-state index contributed by atoms with van der Waals surface area (Å²) in [6.07, 6.45) is 0.871. The number of urea groups is 1. The maximum Gasteiger partial charge on any atom is 0.321 e. The summed E-state index contributed by atoms with van der Waals surface area (Å²) < 4.78 is 5.77. The van der Waals surface area contributed by atoms with Crippen LogP contribution in [-0.2, 0) is 4.74 Å². The van der Waals surface area contributed by atoms with Gasteiger partial charge in [0, 0.05) is 30.0 Å². The number of carbonyl (C=O) groups is 2. The molecule has 0 aromatic heterocycles. The summed E-state index contributed by atoms with van der Waals surface area (Å²) in [5.74, 6) is -0.318. The number of amides is 3. The molecule has 0 saturated carbocycles. The van der Waals surface area contributed by atoms with E-state index in [4.69, 9.17) is 10.00 Å². The summed E-state index contributed by atoms with van der Waals surface area (Å²) in [4.78, 5) is 26.9. The van der Waals surface area contributed by atoms with E-state index in [-0.39, 0.29) is 24.1 Å². The average molecular weight is 392 g/mol. The van der Waals surface area contributed by atoms with Crippen molar-refractivity contribution in [2.75, 3.05) is 23.7 Å². The lowest BCUT2D eigenvalue weighted by atomic mass is 10.1. The number of rotatable bonds is 3. The van der Waals surface area contributed by atoms with E-state index in [9.17, 15) is 9.59 Å². The Labute approximate surface area is 170 Å². The summed E-state index contributed by atoms with van der Waals surface area (Å²) in [6.45, 7) is 5.10. The number of hydrogen-bond donors (Lipinski definition) is 2. The minimum atomic E-state index is -0.318. The molecule has 2 atom stereocenters.